The summed E-state index contributed by atoms with van der Waals surface area (Å²) in [5.74, 6) is 0. The molecular formula is C8H12N2O2. The standard InChI is InChI=1S/C8H12N2O2/c1-6(2)12-8-9-4-3-7(5-11)10-8/h3-4,6,11H,5H2,1-2H3. The van der Waals surface area contributed by atoms with Gasteiger partial charge in [0, 0.05) is 6.20 Å². The maximum atomic E-state index is 8.75. The molecule has 0 amide bonds. The van der Waals surface area contributed by atoms with Gasteiger partial charge in [0.2, 0.25) is 0 Å². The Balaban J connectivity index is 2.72. The maximum Gasteiger partial charge on any atom is 0.316 e. The van der Waals surface area contributed by atoms with Gasteiger partial charge in [0.1, 0.15) is 0 Å². The molecule has 0 aliphatic heterocycles. The van der Waals surface area contributed by atoms with E-state index in [9.17, 15) is 0 Å². The number of aromatic nitrogens is 2. The second kappa shape index (κ2) is 4.01. The molecule has 0 fully saturated rings. The van der Waals surface area contributed by atoms with E-state index in [0.29, 0.717) is 11.7 Å². The van der Waals surface area contributed by atoms with E-state index in [2.05, 4.69) is 9.97 Å². The average Bonchev–Trinajstić information content (AvgIpc) is 2.03. The minimum Gasteiger partial charge on any atom is -0.461 e. The molecule has 0 atom stereocenters. The molecule has 0 aromatic carbocycles. The Bertz CT molecular complexity index is 251. The molecule has 66 valence electrons. The number of aliphatic hydroxyl groups is 1. The first-order valence-corrected chi connectivity index (χ1v) is 3.82. The summed E-state index contributed by atoms with van der Waals surface area (Å²) in [7, 11) is 0. The van der Waals surface area contributed by atoms with Crippen LogP contribution in [0.4, 0.5) is 0 Å². The third-order valence-corrected chi connectivity index (χ3v) is 1.19. The lowest BCUT2D eigenvalue weighted by Crippen LogP contribution is -2.09. The minimum absolute atomic E-state index is 0.0546. The van der Waals surface area contributed by atoms with Crippen molar-refractivity contribution >= 4 is 0 Å². The predicted molar refractivity (Wildman–Crippen MR) is 43.7 cm³/mol. The minimum atomic E-state index is -0.0863. The van der Waals surface area contributed by atoms with Crippen LogP contribution in [0.15, 0.2) is 12.3 Å². The van der Waals surface area contributed by atoms with Crippen LogP contribution in [0.3, 0.4) is 0 Å². The van der Waals surface area contributed by atoms with Crippen LogP contribution in [0, 0.1) is 0 Å². The van der Waals surface area contributed by atoms with Gasteiger partial charge in [-0.2, -0.15) is 4.98 Å². The average molecular weight is 168 g/mol. The molecule has 1 aromatic rings. The Hall–Kier alpha value is -1.16. The Morgan fingerprint density at radius 3 is 2.92 bits per heavy atom. The van der Waals surface area contributed by atoms with E-state index in [4.69, 9.17) is 9.84 Å². The number of hydrogen-bond donors (Lipinski definition) is 1. The van der Waals surface area contributed by atoms with Crippen molar-refractivity contribution in [3.63, 3.8) is 0 Å². The highest BCUT2D eigenvalue weighted by molar-refractivity contribution is 5.04. The number of ether oxygens (including phenoxy) is 1. The second-order valence-corrected chi connectivity index (χ2v) is 2.66. The zero-order valence-corrected chi connectivity index (χ0v) is 7.19. The van der Waals surface area contributed by atoms with Crippen LogP contribution >= 0.6 is 0 Å². The highest BCUT2D eigenvalue weighted by atomic mass is 16.5. The first kappa shape index (κ1) is 8.93. The summed E-state index contributed by atoms with van der Waals surface area (Å²) >= 11 is 0. The van der Waals surface area contributed by atoms with Gasteiger partial charge in [0.15, 0.2) is 0 Å². The Morgan fingerprint density at radius 2 is 2.33 bits per heavy atom. The smallest absolute Gasteiger partial charge is 0.316 e. The van der Waals surface area contributed by atoms with Gasteiger partial charge in [-0.25, -0.2) is 4.98 Å². The van der Waals surface area contributed by atoms with Crippen molar-refractivity contribution in [2.45, 2.75) is 26.6 Å². The fraction of sp³-hybridized carbons (Fsp3) is 0.500. The molecule has 0 bridgehead atoms. The third-order valence-electron chi connectivity index (χ3n) is 1.19. The van der Waals surface area contributed by atoms with E-state index >= 15 is 0 Å². The SMILES string of the molecule is CC(C)Oc1nccc(CO)n1. The predicted octanol–water partition coefficient (Wildman–Crippen LogP) is 0.756. The van der Waals surface area contributed by atoms with Gasteiger partial charge >= 0.3 is 6.01 Å². The van der Waals surface area contributed by atoms with Crippen LogP contribution < -0.4 is 4.74 Å². The fourth-order valence-corrected chi connectivity index (χ4v) is 0.732. The quantitative estimate of drug-likeness (QED) is 0.723. The largest absolute Gasteiger partial charge is 0.461 e. The van der Waals surface area contributed by atoms with Crippen molar-refractivity contribution in [2.75, 3.05) is 0 Å². The Kier molecular flexibility index (Phi) is 2.99. The molecule has 4 heteroatoms. The van der Waals surface area contributed by atoms with Gasteiger partial charge in [-0.3, -0.25) is 0 Å². The lowest BCUT2D eigenvalue weighted by molar-refractivity contribution is 0.217. The van der Waals surface area contributed by atoms with Crippen molar-refractivity contribution in [1.29, 1.82) is 0 Å². The van der Waals surface area contributed by atoms with Gasteiger partial charge in [0.05, 0.1) is 18.4 Å². The zero-order valence-electron chi connectivity index (χ0n) is 7.19. The van der Waals surface area contributed by atoms with E-state index < -0.39 is 0 Å². The lowest BCUT2D eigenvalue weighted by Gasteiger charge is -2.07. The van der Waals surface area contributed by atoms with E-state index in [-0.39, 0.29) is 12.7 Å². The summed E-state index contributed by atoms with van der Waals surface area (Å²) in [5, 5.41) is 8.75. The van der Waals surface area contributed by atoms with E-state index in [1.54, 1.807) is 12.3 Å². The monoisotopic (exact) mass is 168 g/mol. The fourth-order valence-electron chi connectivity index (χ4n) is 0.732. The second-order valence-electron chi connectivity index (χ2n) is 2.66. The van der Waals surface area contributed by atoms with Gasteiger partial charge in [-0.15, -0.1) is 0 Å². The third kappa shape index (κ3) is 2.47. The lowest BCUT2D eigenvalue weighted by atomic mass is 10.4. The molecular weight excluding hydrogens is 156 g/mol. The van der Waals surface area contributed by atoms with Crippen molar-refractivity contribution in [1.82, 2.24) is 9.97 Å². The first-order chi connectivity index (χ1) is 5.72. The van der Waals surface area contributed by atoms with Crippen LogP contribution in [0.25, 0.3) is 0 Å². The van der Waals surface area contributed by atoms with Gasteiger partial charge < -0.3 is 9.84 Å². The Labute approximate surface area is 71.2 Å². The van der Waals surface area contributed by atoms with E-state index in [0.717, 1.165) is 0 Å². The Morgan fingerprint density at radius 1 is 1.58 bits per heavy atom. The van der Waals surface area contributed by atoms with Crippen LogP contribution in [-0.4, -0.2) is 21.2 Å². The number of hydrogen-bond acceptors (Lipinski definition) is 4. The molecule has 1 heterocycles. The molecule has 0 spiro atoms. The maximum absolute atomic E-state index is 8.75. The van der Waals surface area contributed by atoms with Crippen LogP contribution in [-0.2, 0) is 6.61 Å². The number of rotatable bonds is 3. The molecule has 0 saturated carbocycles. The van der Waals surface area contributed by atoms with Crippen molar-refractivity contribution in [2.24, 2.45) is 0 Å². The van der Waals surface area contributed by atoms with Crippen LogP contribution in [0.1, 0.15) is 19.5 Å². The highest BCUT2D eigenvalue weighted by Gasteiger charge is 2.00. The zero-order chi connectivity index (χ0) is 8.97. The molecule has 0 unspecified atom stereocenters. The molecule has 0 aliphatic rings. The molecule has 1 N–H and O–H groups in total. The summed E-state index contributed by atoms with van der Waals surface area (Å²) in [6.45, 7) is 3.71. The molecule has 1 rings (SSSR count). The van der Waals surface area contributed by atoms with Crippen LogP contribution in [0.2, 0.25) is 0 Å². The molecule has 0 saturated heterocycles. The summed E-state index contributed by atoms with van der Waals surface area (Å²) < 4.78 is 5.22. The number of nitrogens with zero attached hydrogens (tertiary/aromatic N) is 2. The van der Waals surface area contributed by atoms with Crippen LogP contribution in [0.5, 0.6) is 6.01 Å². The summed E-state index contributed by atoms with van der Waals surface area (Å²) in [5.41, 5.74) is 0.570. The highest BCUT2D eigenvalue weighted by Crippen LogP contribution is 2.04. The van der Waals surface area contributed by atoms with Crippen molar-refractivity contribution < 1.29 is 9.84 Å². The van der Waals surface area contributed by atoms with Crippen molar-refractivity contribution in [3.05, 3.63) is 18.0 Å². The topological polar surface area (TPSA) is 55.2 Å². The summed E-state index contributed by atoms with van der Waals surface area (Å²) in [6.07, 6.45) is 1.62. The van der Waals surface area contributed by atoms with E-state index in [1.807, 2.05) is 13.8 Å². The molecule has 0 aliphatic carbocycles. The van der Waals surface area contributed by atoms with Gasteiger partial charge in [-0.1, -0.05) is 0 Å². The normalized spacial score (nSPS) is 10.3. The first-order valence-electron chi connectivity index (χ1n) is 3.82. The molecule has 4 nitrogen and oxygen atoms in total. The summed E-state index contributed by atoms with van der Waals surface area (Å²) in [4.78, 5) is 7.83. The van der Waals surface area contributed by atoms with Gasteiger partial charge in [0.25, 0.3) is 0 Å². The van der Waals surface area contributed by atoms with Crippen molar-refractivity contribution in [3.8, 4) is 6.01 Å². The molecule has 0 radical (unpaired) electrons. The molecule has 1 aromatic heterocycles. The van der Waals surface area contributed by atoms with E-state index in [1.165, 1.54) is 0 Å². The summed E-state index contributed by atoms with van der Waals surface area (Å²) in [6, 6.07) is 1.96. The van der Waals surface area contributed by atoms with Gasteiger partial charge in [-0.05, 0) is 19.9 Å². The number of aliphatic hydroxyl groups excluding tert-OH is 1. The molecule has 12 heavy (non-hydrogen) atoms.